The summed E-state index contributed by atoms with van der Waals surface area (Å²) in [7, 11) is 0. The van der Waals surface area contributed by atoms with E-state index in [2.05, 4.69) is 45.9 Å². The lowest BCUT2D eigenvalue weighted by atomic mass is 10.1. The van der Waals surface area contributed by atoms with Crippen molar-refractivity contribution in [1.29, 1.82) is 0 Å². The van der Waals surface area contributed by atoms with Crippen molar-refractivity contribution in [2.24, 2.45) is 0 Å². The maximum atomic E-state index is 2.20. The summed E-state index contributed by atoms with van der Waals surface area (Å²) in [6, 6.07) is 0. The summed E-state index contributed by atoms with van der Waals surface area (Å²) in [6.45, 7) is 14.6. The molecule has 0 aliphatic rings. The van der Waals surface area contributed by atoms with Crippen LogP contribution in [-0.4, -0.2) is 0 Å². The van der Waals surface area contributed by atoms with Crippen LogP contribution in [0.25, 0.3) is 0 Å². The van der Waals surface area contributed by atoms with Gasteiger partial charge in [-0.2, -0.15) is 0 Å². The first-order chi connectivity index (χ1) is 6.07. The zero-order valence-electron chi connectivity index (χ0n) is 10.2. The van der Waals surface area contributed by atoms with Crippen molar-refractivity contribution in [3.8, 4) is 0 Å². The molecule has 0 unspecified atom stereocenters. The normalized spacial score (nSPS) is 10.8. The third kappa shape index (κ3) is 9.13. The van der Waals surface area contributed by atoms with Gasteiger partial charge in [-0.05, 0) is 34.6 Å². The van der Waals surface area contributed by atoms with Gasteiger partial charge in [0.15, 0.2) is 0 Å². The van der Waals surface area contributed by atoms with E-state index in [0.29, 0.717) is 0 Å². The quantitative estimate of drug-likeness (QED) is 0.531. The van der Waals surface area contributed by atoms with E-state index in [1.54, 1.807) is 0 Å². The highest BCUT2D eigenvalue weighted by molar-refractivity contribution is 5.29. The molecular weight excluding hydrogens is 156 g/mol. The Labute approximate surface area is 84.1 Å². The van der Waals surface area contributed by atoms with E-state index in [4.69, 9.17) is 0 Å². The monoisotopic (exact) mass is 180 g/mol. The lowest BCUT2D eigenvalue weighted by Crippen LogP contribution is -1.76. The van der Waals surface area contributed by atoms with Gasteiger partial charge >= 0.3 is 0 Å². The number of rotatable bonds is 2. The number of allylic oxidation sites excluding steroid dienone is 6. The van der Waals surface area contributed by atoms with Gasteiger partial charge in [0, 0.05) is 0 Å². The summed E-state index contributed by atoms with van der Waals surface area (Å²) in [4.78, 5) is 0. The fourth-order valence-corrected chi connectivity index (χ4v) is 0.797. The third-order valence-electron chi connectivity index (χ3n) is 1.66. The SMILES string of the molecule is C/C=C\C(C)=C/C(C)=C(C)C.CC. The number of hydrogen-bond acceptors (Lipinski definition) is 0. The van der Waals surface area contributed by atoms with E-state index in [1.165, 1.54) is 16.7 Å². The molecule has 0 nitrogen and oxygen atoms in total. The van der Waals surface area contributed by atoms with Gasteiger partial charge < -0.3 is 0 Å². The second kappa shape index (κ2) is 9.31. The fourth-order valence-electron chi connectivity index (χ4n) is 0.797. The van der Waals surface area contributed by atoms with Crippen LogP contribution in [0.3, 0.4) is 0 Å². The average Bonchev–Trinajstić information content (AvgIpc) is 2.08. The molecule has 0 amide bonds. The molecular formula is C13H24. The summed E-state index contributed by atoms with van der Waals surface area (Å²) in [5, 5.41) is 0. The maximum absolute atomic E-state index is 2.20. The van der Waals surface area contributed by atoms with Crippen molar-refractivity contribution in [3.05, 3.63) is 34.9 Å². The van der Waals surface area contributed by atoms with Crippen LogP contribution < -0.4 is 0 Å². The highest BCUT2D eigenvalue weighted by Crippen LogP contribution is 2.07. The molecule has 0 aliphatic carbocycles. The van der Waals surface area contributed by atoms with Crippen molar-refractivity contribution < 1.29 is 0 Å². The molecule has 0 radical (unpaired) electrons. The Bertz CT molecular complexity index is 198. The van der Waals surface area contributed by atoms with Gasteiger partial charge in [-0.15, -0.1) is 0 Å². The van der Waals surface area contributed by atoms with Crippen LogP contribution in [0.1, 0.15) is 48.5 Å². The Morgan fingerprint density at radius 2 is 1.38 bits per heavy atom. The molecule has 0 fully saturated rings. The molecule has 0 bridgehead atoms. The maximum Gasteiger partial charge on any atom is -0.0398 e. The molecule has 0 saturated heterocycles. The van der Waals surface area contributed by atoms with Crippen molar-refractivity contribution in [2.45, 2.75) is 48.5 Å². The van der Waals surface area contributed by atoms with Crippen molar-refractivity contribution in [1.82, 2.24) is 0 Å². The standard InChI is InChI=1S/C11H18.C2H6/c1-6-7-10(4)8-11(5)9(2)3;1-2/h6-8H,1-5H3;1-2H3/b7-6-,10-8-;. The molecule has 0 heterocycles. The number of hydrogen-bond donors (Lipinski definition) is 0. The highest BCUT2D eigenvalue weighted by atomic mass is 13.9. The van der Waals surface area contributed by atoms with Crippen LogP contribution in [0.4, 0.5) is 0 Å². The summed E-state index contributed by atoms with van der Waals surface area (Å²) in [5.74, 6) is 0. The van der Waals surface area contributed by atoms with Crippen LogP contribution in [-0.2, 0) is 0 Å². The molecule has 0 aromatic heterocycles. The van der Waals surface area contributed by atoms with Crippen molar-refractivity contribution >= 4 is 0 Å². The van der Waals surface area contributed by atoms with E-state index in [-0.39, 0.29) is 0 Å². The largest absolute Gasteiger partial charge is 0.0874 e. The summed E-state index contributed by atoms with van der Waals surface area (Å²) < 4.78 is 0. The van der Waals surface area contributed by atoms with Gasteiger partial charge in [-0.25, -0.2) is 0 Å². The highest BCUT2D eigenvalue weighted by Gasteiger charge is 1.86. The zero-order chi connectivity index (χ0) is 10.9. The average molecular weight is 180 g/mol. The minimum absolute atomic E-state index is 1.31. The Balaban J connectivity index is 0. The smallest absolute Gasteiger partial charge is 0.0398 e. The van der Waals surface area contributed by atoms with E-state index < -0.39 is 0 Å². The first-order valence-corrected chi connectivity index (χ1v) is 5.03. The summed E-state index contributed by atoms with van der Waals surface area (Å²) in [6.07, 6.45) is 6.38. The van der Waals surface area contributed by atoms with E-state index in [0.717, 1.165) is 0 Å². The second-order valence-corrected chi connectivity index (χ2v) is 3.07. The van der Waals surface area contributed by atoms with Gasteiger partial charge in [-0.1, -0.05) is 48.8 Å². The Morgan fingerprint density at radius 3 is 1.69 bits per heavy atom. The Kier molecular flexibility index (Phi) is 10.5. The molecule has 13 heavy (non-hydrogen) atoms. The predicted molar refractivity (Wildman–Crippen MR) is 64.0 cm³/mol. The first kappa shape index (κ1) is 14.7. The van der Waals surface area contributed by atoms with E-state index >= 15 is 0 Å². The van der Waals surface area contributed by atoms with Crippen LogP contribution >= 0.6 is 0 Å². The van der Waals surface area contributed by atoms with Gasteiger partial charge in [0.1, 0.15) is 0 Å². The molecule has 0 N–H and O–H groups in total. The van der Waals surface area contributed by atoms with Gasteiger partial charge in [-0.3, -0.25) is 0 Å². The zero-order valence-corrected chi connectivity index (χ0v) is 10.2. The molecule has 0 atom stereocenters. The molecule has 0 spiro atoms. The molecule has 0 saturated carbocycles. The minimum atomic E-state index is 1.31. The molecule has 0 aliphatic heterocycles. The molecule has 0 aromatic carbocycles. The first-order valence-electron chi connectivity index (χ1n) is 5.03. The third-order valence-corrected chi connectivity index (χ3v) is 1.66. The lowest BCUT2D eigenvalue weighted by Gasteiger charge is -1.96. The Morgan fingerprint density at radius 1 is 0.923 bits per heavy atom. The minimum Gasteiger partial charge on any atom is -0.0874 e. The lowest BCUT2D eigenvalue weighted by molar-refractivity contribution is 1.28. The second-order valence-electron chi connectivity index (χ2n) is 3.07. The van der Waals surface area contributed by atoms with Crippen LogP contribution in [0.2, 0.25) is 0 Å². The van der Waals surface area contributed by atoms with Crippen LogP contribution in [0, 0.1) is 0 Å². The molecule has 0 heteroatoms. The summed E-state index contributed by atoms with van der Waals surface area (Å²) >= 11 is 0. The van der Waals surface area contributed by atoms with Crippen LogP contribution in [0.15, 0.2) is 34.9 Å². The van der Waals surface area contributed by atoms with Gasteiger partial charge in [0.2, 0.25) is 0 Å². The Hall–Kier alpha value is -0.780. The molecule has 0 rings (SSSR count). The van der Waals surface area contributed by atoms with Crippen molar-refractivity contribution in [3.63, 3.8) is 0 Å². The van der Waals surface area contributed by atoms with Crippen molar-refractivity contribution in [2.75, 3.05) is 0 Å². The predicted octanol–water partition coefficient (Wildman–Crippen LogP) is 4.89. The summed E-state index contributed by atoms with van der Waals surface area (Å²) in [5.41, 5.74) is 4.06. The van der Waals surface area contributed by atoms with E-state index in [9.17, 15) is 0 Å². The topological polar surface area (TPSA) is 0 Å². The van der Waals surface area contributed by atoms with Gasteiger partial charge in [0.25, 0.3) is 0 Å². The van der Waals surface area contributed by atoms with E-state index in [1.807, 2.05) is 20.8 Å². The molecule has 0 aromatic rings. The van der Waals surface area contributed by atoms with Crippen LogP contribution in [0.5, 0.6) is 0 Å². The fraction of sp³-hybridized carbons (Fsp3) is 0.538. The molecule has 76 valence electrons. The van der Waals surface area contributed by atoms with Gasteiger partial charge in [0.05, 0.1) is 0 Å².